The van der Waals surface area contributed by atoms with E-state index in [9.17, 15) is 14.5 Å². The van der Waals surface area contributed by atoms with Gasteiger partial charge in [-0.15, -0.1) is 0 Å². The maximum Gasteiger partial charge on any atom is 0.275 e. The van der Waals surface area contributed by atoms with E-state index >= 15 is 0 Å². The van der Waals surface area contributed by atoms with Crippen molar-refractivity contribution in [1.29, 1.82) is 0 Å². The molecule has 92 valence electrons. The number of nitro groups is 1. The van der Waals surface area contributed by atoms with E-state index in [1.54, 1.807) is 0 Å². The molecule has 0 saturated heterocycles. The van der Waals surface area contributed by atoms with E-state index in [2.05, 4.69) is 5.32 Å². The molecule has 1 unspecified atom stereocenters. The number of halogens is 1. The van der Waals surface area contributed by atoms with Gasteiger partial charge in [-0.3, -0.25) is 10.1 Å². The minimum Gasteiger partial charge on any atom is -0.316 e. The second kappa shape index (κ2) is 4.79. The first kappa shape index (κ1) is 12.0. The Hall–Kier alpha value is -1.49. The zero-order valence-electron chi connectivity index (χ0n) is 9.65. The maximum absolute atomic E-state index is 13.0. The van der Waals surface area contributed by atoms with Gasteiger partial charge in [-0.1, -0.05) is 0 Å². The van der Waals surface area contributed by atoms with Gasteiger partial charge in [0.2, 0.25) is 0 Å². The number of nitrogens with zero attached hydrogens (tertiary/aromatic N) is 1. The highest BCUT2D eigenvalue weighted by Crippen LogP contribution is 2.35. The quantitative estimate of drug-likeness (QED) is 0.632. The molecule has 17 heavy (non-hydrogen) atoms. The Kier molecular flexibility index (Phi) is 3.38. The van der Waals surface area contributed by atoms with Crippen molar-refractivity contribution in [3.05, 3.63) is 39.7 Å². The summed E-state index contributed by atoms with van der Waals surface area (Å²) in [4.78, 5) is 10.3. The van der Waals surface area contributed by atoms with Crippen LogP contribution in [-0.2, 0) is 6.42 Å². The summed E-state index contributed by atoms with van der Waals surface area (Å²) in [5.74, 6) is 0.0394. The summed E-state index contributed by atoms with van der Waals surface area (Å²) in [6, 6.07) is 4.04. The molecule has 0 aromatic heterocycles. The summed E-state index contributed by atoms with van der Waals surface area (Å²) in [5.41, 5.74) is 0.480. The van der Waals surface area contributed by atoms with Crippen LogP contribution in [0.15, 0.2) is 18.2 Å². The highest BCUT2D eigenvalue weighted by Gasteiger charge is 2.31. The minimum absolute atomic E-state index is 0.120. The number of hydrogen-bond donors (Lipinski definition) is 1. The van der Waals surface area contributed by atoms with Crippen molar-refractivity contribution in [2.24, 2.45) is 5.92 Å². The Morgan fingerprint density at radius 1 is 1.59 bits per heavy atom. The van der Waals surface area contributed by atoms with Crippen LogP contribution in [0.5, 0.6) is 0 Å². The van der Waals surface area contributed by atoms with Gasteiger partial charge in [-0.25, -0.2) is 4.39 Å². The molecule has 2 rings (SSSR count). The number of rotatable bonds is 5. The van der Waals surface area contributed by atoms with E-state index < -0.39 is 10.7 Å². The Labute approximate surface area is 99.0 Å². The van der Waals surface area contributed by atoms with Crippen LogP contribution in [-0.4, -0.2) is 18.0 Å². The van der Waals surface area contributed by atoms with Crippen LogP contribution in [0, 0.1) is 21.8 Å². The molecule has 0 aliphatic heterocycles. The molecule has 1 aromatic rings. The molecule has 5 heteroatoms. The van der Waals surface area contributed by atoms with Gasteiger partial charge in [0.1, 0.15) is 5.82 Å². The second-order valence-corrected chi connectivity index (χ2v) is 4.47. The lowest BCUT2D eigenvalue weighted by Crippen LogP contribution is -2.29. The van der Waals surface area contributed by atoms with E-state index in [1.165, 1.54) is 25.0 Å². The molecule has 0 heterocycles. The number of hydrogen-bond acceptors (Lipinski definition) is 3. The third kappa shape index (κ3) is 2.79. The number of benzene rings is 1. The summed E-state index contributed by atoms with van der Waals surface area (Å²) >= 11 is 0. The molecule has 0 amide bonds. The fourth-order valence-electron chi connectivity index (χ4n) is 2.12. The van der Waals surface area contributed by atoms with Crippen LogP contribution >= 0.6 is 0 Å². The van der Waals surface area contributed by atoms with Gasteiger partial charge in [0.05, 0.1) is 11.0 Å². The van der Waals surface area contributed by atoms with Crippen LogP contribution < -0.4 is 5.32 Å². The van der Waals surface area contributed by atoms with Crippen LogP contribution in [0.3, 0.4) is 0 Å². The maximum atomic E-state index is 13.0. The first-order valence-electron chi connectivity index (χ1n) is 5.72. The number of nitro benzene ring substituents is 1. The van der Waals surface area contributed by atoms with Crippen molar-refractivity contribution < 1.29 is 9.31 Å². The fourth-order valence-corrected chi connectivity index (χ4v) is 2.12. The first-order chi connectivity index (χ1) is 8.11. The molecule has 4 nitrogen and oxygen atoms in total. The monoisotopic (exact) mass is 238 g/mol. The predicted molar refractivity (Wildman–Crippen MR) is 62.3 cm³/mol. The molecule has 1 aliphatic rings. The highest BCUT2D eigenvalue weighted by molar-refractivity contribution is 5.41. The lowest BCUT2D eigenvalue weighted by Gasteiger charge is -2.15. The lowest BCUT2D eigenvalue weighted by molar-refractivity contribution is -0.385. The summed E-state index contributed by atoms with van der Waals surface area (Å²) < 4.78 is 13.0. The van der Waals surface area contributed by atoms with E-state index in [-0.39, 0.29) is 11.7 Å². The van der Waals surface area contributed by atoms with Gasteiger partial charge in [-0.2, -0.15) is 0 Å². The third-order valence-electron chi connectivity index (χ3n) is 3.25. The van der Waals surface area contributed by atoms with Gasteiger partial charge in [0, 0.05) is 11.6 Å². The molecule has 1 saturated carbocycles. The Morgan fingerprint density at radius 3 is 2.82 bits per heavy atom. The fraction of sp³-hybridized carbons (Fsp3) is 0.500. The van der Waals surface area contributed by atoms with Gasteiger partial charge in [0.15, 0.2) is 0 Å². The standard InChI is InChI=1S/C12H15FN2O2/c1-14-11(8-2-3-8)6-9-4-5-10(13)7-12(9)15(16)17/h4-5,7-8,11,14H,2-3,6H2,1H3. The van der Waals surface area contributed by atoms with E-state index in [4.69, 9.17) is 0 Å². The molecular weight excluding hydrogens is 223 g/mol. The van der Waals surface area contributed by atoms with E-state index in [1.807, 2.05) is 7.05 Å². The van der Waals surface area contributed by atoms with Crippen LogP contribution in [0.4, 0.5) is 10.1 Å². The summed E-state index contributed by atoms with van der Waals surface area (Å²) in [7, 11) is 1.86. The largest absolute Gasteiger partial charge is 0.316 e. The summed E-state index contributed by atoms with van der Waals surface area (Å²) in [6.07, 6.45) is 2.92. The zero-order chi connectivity index (χ0) is 12.4. The Balaban J connectivity index is 2.21. The first-order valence-corrected chi connectivity index (χ1v) is 5.72. The zero-order valence-corrected chi connectivity index (χ0v) is 9.65. The van der Waals surface area contributed by atoms with Gasteiger partial charge in [-0.05, 0) is 44.4 Å². The highest BCUT2D eigenvalue weighted by atomic mass is 19.1. The number of nitrogens with one attached hydrogen (secondary N) is 1. The van der Waals surface area contributed by atoms with Crippen LogP contribution in [0.1, 0.15) is 18.4 Å². The lowest BCUT2D eigenvalue weighted by atomic mass is 10.0. The Morgan fingerprint density at radius 2 is 2.29 bits per heavy atom. The normalized spacial score (nSPS) is 16.8. The van der Waals surface area contributed by atoms with Crippen LogP contribution in [0.25, 0.3) is 0 Å². The SMILES string of the molecule is CNC(Cc1ccc(F)cc1[N+](=O)[O-])C1CC1. The smallest absolute Gasteiger partial charge is 0.275 e. The molecule has 0 bridgehead atoms. The van der Waals surface area contributed by atoms with Crippen LogP contribution in [0.2, 0.25) is 0 Å². The molecule has 1 aromatic carbocycles. The van der Waals surface area contributed by atoms with E-state index in [0.717, 1.165) is 6.07 Å². The van der Waals surface area contributed by atoms with Crippen molar-refractivity contribution in [2.45, 2.75) is 25.3 Å². The van der Waals surface area contributed by atoms with Gasteiger partial charge < -0.3 is 5.32 Å². The molecule has 1 N–H and O–H groups in total. The minimum atomic E-state index is -0.562. The second-order valence-electron chi connectivity index (χ2n) is 4.47. The molecule has 1 fully saturated rings. The average Bonchev–Trinajstić information content (AvgIpc) is 3.11. The molecule has 0 radical (unpaired) electrons. The number of likely N-dealkylation sites (N-methyl/N-ethyl adjacent to an activating group) is 1. The Bertz CT molecular complexity index is 433. The van der Waals surface area contributed by atoms with Crippen molar-refractivity contribution in [3.8, 4) is 0 Å². The van der Waals surface area contributed by atoms with E-state index in [0.29, 0.717) is 17.9 Å². The van der Waals surface area contributed by atoms with Gasteiger partial charge in [0.25, 0.3) is 5.69 Å². The molecule has 1 atom stereocenters. The third-order valence-corrected chi connectivity index (χ3v) is 3.25. The topological polar surface area (TPSA) is 55.2 Å². The molecular formula is C12H15FN2O2. The molecule has 0 spiro atoms. The predicted octanol–water partition coefficient (Wildman–Crippen LogP) is 2.27. The van der Waals surface area contributed by atoms with Crippen molar-refractivity contribution in [3.63, 3.8) is 0 Å². The van der Waals surface area contributed by atoms with Crippen molar-refractivity contribution >= 4 is 5.69 Å². The average molecular weight is 238 g/mol. The summed E-state index contributed by atoms with van der Waals surface area (Å²) in [6.45, 7) is 0. The summed E-state index contributed by atoms with van der Waals surface area (Å²) in [5, 5.41) is 14.0. The molecule has 1 aliphatic carbocycles. The van der Waals surface area contributed by atoms with Gasteiger partial charge >= 0.3 is 0 Å². The van der Waals surface area contributed by atoms with Crippen molar-refractivity contribution in [2.75, 3.05) is 7.05 Å². The van der Waals surface area contributed by atoms with Crippen molar-refractivity contribution in [1.82, 2.24) is 5.32 Å².